The van der Waals surface area contributed by atoms with E-state index in [0.29, 0.717) is 0 Å². The van der Waals surface area contributed by atoms with Crippen LogP contribution < -0.4 is 11.3 Å². The molecule has 2 unspecified atom stereocenters. The second kappa shape index (κ2) is 7.82. The average Bonchev–Trinajstić information content (AvgIpc) is 2.48. The number of nitrogens with zero attached hydrogens (tertiary/aromatic N) is 1. The van der Waals surface area contributed by atoms with E-state index in [-0.39, 0.29) is 23.6 Å². The van der Waals surface area contributed by atoms with E-state index in [1.54, 1.807) is 0 Å². The van der Waals surface area contributed by atoms with Crippen molar-refractivity contribution in [3.8, 4) is 0 Å². The Morgan fingerprint density at radius 1 is 1.19 bits per heavy atom. The van der Waals surface area contributed by atoms with Gasteiger partial charge in [0.1, 0.15) is 11.6 Å². The zero-order valence-electron chi connectivity index (χ0n) is 13.4. The number of benzene rings is 1. The molecule has 0 saturated carbocycles. The van der Waals surface area contributed by atoms with Gasteiger partial charge in [0.2, 0.25) is 0 Å². The number of nitrogens with two attached hydrogens (primary N) is 1. The van der Waals surface area contributed by atoms with Crippen LogP contribution >= 0.6 is 0 Å². The van der Waals surface area contributed by atoms with Crippen LogP contribution in [0, 0.1) is 11.6 Å². The maximum absolute atomic E-state index is 13.9. The molecule has 0 aliphatic carbocycles. The van der Waals surface area contributed by atoms with Crippen molar-refractivity contribution < 1.29 is 8.78 Å². The Morgan fingerprint density at radius 2 is 1.71 bits per heavy atom. The maximum Gasteiger partial charge on any atom is 0.129 e. The number of hydrazine groups is 1. The van der Waals surface area contributed by atoms with E-state index in [0.717, 1.165) is 19.5 Å². The highest BCUT2D eigenvalue weighted by atomic mass is 19.1. The molecule has 0 aliphatic heterocycles. The molecule has 0 radical (unpaired) electrons. The van der Waals surface area contributed by atoms with Crippen molar-refractivity contribution in [1.29, 1.82) is 0 Å². The van der Waals surface area contributed by atoms with Crippen molar-refractivity contribution in [3.05, 3.63) is 35.4 Å². The zero-order valence-corrected chi connectivity index (χ0v) is 13.4. The summed E-state index contributed by atoms with van der Waals surface area (Å²) in [7, 11) is 0. The van der Waals surface area contributed by atoms with Gasteiger partial charge in [0, 0.05) is 17.1 Å². The molecule has 3 nitrogen and oxygen atoms in total. The molecule has 0 spiro atoms. The highest BCUT2D eigenvalue weighted by Gasteiger charge is 2.37. The van der Waals surface area contributed by atoms with Crippen LogP contribution in [0.1, 0.15) is 39.7 Å². The van der Waals surface area contributed by atoms with Gasteiger partial charge < -0.3 is 0 Å². The Hall–Kier alpha value is -1.04. The van der Waals surface area contributed by atoms with E-state index < -0.39 is 11.6 Å². The first-order valence-corrected chi connectivity index (χ1v) is 7.58. The Bertz CT molecular complexity index is 429. The summed E-state index contributed by atoms with van der Waals surface area (Å²) in [5, 5.41) is 0. The molecule has 3 N–H and O–H groups in total. The Kier molecular flexibility index (Phi) is 6.71. The summed E-state index contributed by atoms with van der Waals surface area (Å²) < 4.78 is 27.8. The molecule has 1 rings (SSSR count). The highest BCUT2D eigenvalue weighted by molar-refractivity contribution is 5.22. The molecule has 5 heteroatoms. The molecule has 0 aliphatic rings. The van der Waals surface area contributed by atoms with Crippen LogP contribution in [0.2, 0.25) is 0 Å². The molecule has 120 valence electrons. The van der Waals surface area contributed by atoms with E-state index >= 15 is 0 Å². The van der Waals surface area contributed by atoms with Gasteiger partial charge in [-0.3, -0.25) is 16.2 Å². The molecule has 2 atom stereocenters. The lowest BCUT2D eigenvalue weighted by Gasteiger charge is -2.45. The van der Waals surface area contributed by atoms with Crippen LogP contribution in [0.5, 0.6) is 0 Å². The third kappa shape index (κ3) is 3.78. The van der Waals surface area contributed by atoms with Gasteiger partial charge >= 0.3 is 0 Å². The van der Waals surface area contributed by atoms with Gasteiger partial charge in [0.05, 0.1) is 0 Å². The van der Waals surface area contributed by atoms with Crippen molar-refractivity contribution in [1.82, 2.24) is 10.3 Å². The quantitative estimate of drug-likeness (QED) is 0.573. The van der Waals surface area contributed by atoms with Gasteiger partial charge in [-0.25, -0.2) is 8.78 Å². The van der Waals surface area contributed by atoms with Crippen LogP contribution in [0.25, 0.3) is 0 Å². The van der Waals surface area contributed by atoms with Crippen molar-refractivity contribution in [3.63, 3.8) is 0 Å². The van der Waals surface area contributed by atoms with Gasteiger partial charge in [-0.2, -0.15) is 0 Å². The number of hydrogen-bond acceptors (Lipinski definition) is 3. The fraction of sp³-hybridized carbons (Fsp3) is 0.625. The molecule has 21 heavy (non-hydrogen) atoms. The number of nitrogens with one attached hydrogen (secondary N) is 1. The van der Waals surface area contributed by atoms with Crippen LogP contribution in [0.3, 0.4) is 0 Å². The zero-order chi connectivity index (χ0) is 16.0. The molecular formula is C16H27F2N3. The standard InChI is InChI=1S/C16H27F2N3/c1-5-16(4,21(6-2)7-3)15(20-19)11-12-13(17)9-8-10-14(12)18/h8-10,15,20H,5-7,11,19H2,1-4H3. The van der Waals surface area contributed by atoms with E-state index in [1.165, 1.54) is 18.2 Å². The number of rotatable bonds is 8. The second-order valence-corrected chi connectivity index (χ2v) is 5.51. The largest absolute Gasteiger partial charge is 0.297 e. The minimum absolute atomic E-state index is 0.0901. The minimum atomic E-state index is -0.520. The summed E-state index contributed by atoms with van der Waals surface area (Å²) in [6.07, 6.45) is 1.05. The molecule has 0 fully saturated rings. The predicted octanol–water partition coefficient (Wildman–Crippen LogP) is 2.85. The maximum atomic E-state index is 13.9. The fourth-order valence-electron chi connectivity index (χ4n) is 3.03. The molecule has 0 aromatic heterocycles. The van der Waals surface area contributed by atoms with Crippen molar-refractivity contribution in [2.24, 2.45) is 5.84 Å². The molecule has 0 bridgehead atoms. The van der Waals surface area contributed by atoms with Crippen LogP contribution in [-0.4, -0.2) is 29.6 Å². The second-order valence-electron chi connectivity index (χ2n) is 5.51. The lowest BCUT2D eigenvalue weighted by atomic mass is 9.83. The van der Waals surface area contributed by atoms with Gasteiger partial charge in [-0.1, -0.05) is 26.8 Å². The summed E-state index contributed by atoms with van der Waals surface area (Å²) >= 11 is 0. The molecule has 1 aromatic carbocycles. The molecule has 0 amide bonds. The number of likely N-dealkylation sites (N-methyl/N-ethyl adjacent to an activating group) is 1. The lowest BCUT2D eigenvalue weighted by molar-refractivity contribution is 0.0694. The monoisotopic (exact) mass is 299 g/mol. The van der Waals surface area contributed by atoms with Gasteiger partial charge in [0.25, 0.3) is 0 Å². The summed E-state index contributed by atoms with van der Waals surface area (Å²) in [5.41, 5.74) is 2.59. The normalized spacial score (nSPS) is 16.0. The lowest BCUT2D eigenvalue weighted by Crippen LogP contribution is -2.61. The first-order valence-electron chi connectivity index (χ1n) is 7.58. The number of halogens is 2. The van der Waals surface area contributed by atoms with Crippen molar-refractivity contribution >= 4 is 0 Å². The van der Waals surface area contributed by atoms with Crippen LogP contribution in [0.15, 0.2) is 18.2 Å². The topological polar surface area (TPSA) is 41.3 Å². The first kappa shape index (κ1) is 18.0. The Labute approximate surface area is 126 Å². The van der Waals surface area contributed by atoms with Crippen molar-refractivity contribution in [2.45, 2.75) is 52.1 Å². The Balaban J connectivity index is 3.11. The smallest absolute Gasteiger partial charge is 0.129 e. The van der Waals surface area contributed by atoms with E-state index in [2.05, 4.69) is 38.0 Å². The van der Waals surface area contributed by atoms with Gasteiger partial charge in [-0.05, 0) is 45.0 Å². The molecule has 0 heterocycles. The summed E-state index contributed by atoms with van der Waals surface area (Å²) in [6.45, 7) is 10.0. The molecule has 1 aromatic rings. The third-order valence-corrected chi connectivity index (χ3v) is 4.62. The highest BCUT2D eigenvalue weighted by Crippen LogP contribution is 2.27. The van der Waals surface area contributed by atoms with E-state index in [4.69, 9.17) is 5.84 Å². The minimum Gasteiger partial charge on any atom is -0.297 e. The fourth-order valence-corrected chi connectivity index (χ4v) is 3.03. The van der Waals surface area contributed by atoms with Crippen LogP contribution in [-0.2, 0) is 6.42 Å². The number of hydrogen-bond donors (Lipinski definition) is 2. The van der Waals surface area contributed by atoms with E-state index in [1.807, 2.05) is 0 Å². The predicted molar refractivity (Wildman–Crippen MR) is 82.8 cm³/mol. The Morgan fingerprint density at radius 3 is 2.10 bits per heavy atom. The third-order valence-electron chi connectivity index (χ3n) is 4.62. The van der Waals surface area contributed by atoms with Crippen LogP contribution in [0.4, 0.5) is 8.78 Å². The van der Waals surface area contributed by atoms with Crippen molar-refractivity contribution in [2.75, 3.05) is 13.1 Å². The van der Waals surface area contributed by atoms with E-state index in [9.17, 15) is 8.78 Å². The SMILES string of the molecule is CCN(CC)C(C)(CC)C(Cc1c(F)cccc1F)NN. The first-order chi connectivity index (χ1) is 9.94. The molecular weight excluding hydrogens is 272 g/mol. The van der Waals surface area contributed by atoms with Gasteiger partial charge in [-0.15, -0.1) is 0 Å². The summed E-state index contributed by atoms with van der Waals surface area (Å²) in [6, 6.07) is 3.70. The summed E-state index contributed by atoms with van der Waals surface area (Å²) in [5.74, 6) is 4.67. The average molecular weight is 299 g/mol. The molecule has 0 saturated heterocycles. The van der Waals surface area contributed by atoms with Gasteiger partial charge in [0.15, 0.2) is 0 Å². The summed E-state index contributed by atoms with van der Waals surface area (Å²) in [4.78, 5) is 2.27.